The average Bonchev–Trinajstić information content (AvgIpc) is 2.77. The van der Waals surface area contributed by atoms with Crippen LogP contribution in [-0.2, 0) is 14.4 Å². The summed E-state index contributed by atoms with van der Waals surface area (Å²) < 4.78 is 0. The molecule has 0 spiro atoms. The van der Waals surface area contributed by atoms with Gasteiger partial charge in [-0.15, -0.1) is 0 Å². The topological polar surface area (TPSA) is 66.5 Å². The van der Waals surface area contributed by atoms with Crippen LogP contribution in [0.25, 0.3) is 0 Å². The first kappa shape index (κ1) is 15.7. The zero-order valence-electron chi connectivity index (χ0n) is 12.8. The van der Waals surface area contributed by atoms with Crippen molar-refractivity contribution in [2.45, 2.75) is 39.5 Å². The van der Waals surface area contributed by atoms with E-state index in [-0.39, 0.29) is 23.6 Å². The third-order valence-corrected chi connectivity index (χ3v) is 4.24. The van der Waals surface area contributed by atoms with Gasteiger partial charge in [-0.3, -0.25) is 19.3 Å². The maximum absolute atomic E-state index is 12.0. The van der Waals surface area contributed by atoms with Crippen LogP contribution in [0.1, 0.15) is 39.5 Å². The molecule has 1 aliphatic heterocycles. The van der Waals surface area contributed by atoms with Gasteiger partial charge in [0.2, 0.25) is 5.91 Å². The number of hydrogen-bond acceptors (Lipinski definition) is 3. The molecule has 0 aromatic carbocycles. The zero-order valence-corrected chi connectivity index (χ0v) is 12.8. The molecule has 0 aromatic heterocycles. The summed E-state index contributed by atoms with van der Waals surface area (Å²) in [6, 6.07) is 0. The van der Waals surface area contributed by atoms with E-state index >= 15 is 0 Å². The van der Waals surface area contributed by atoms with E-state index in [2.05, 4.69) is 19.2 Å². The molecule has 3 amide bonds. The summed E-state index contributed by atoms with van der Waals surface area (Å²) in [5, 5.41) is 2.99. The molecule has 21 heavy (non-hydrogen) atoms. The molecule has 2 aliphatic rings. The van der Waals surface area contributed by atoms with Crippen molar-refractivity contribution in [1.29, 1.82) is 0 Å². The van der Waals surface area contributed by atoms with E-state index in [4.69, 9.17) is 0 Å². The number of nitrogens with one attached hydrogen (secondary N) is 1. The number of carbonyl (C=O) groups is 3. The first-order valence-corrected chi connectivity index (χ1v) is 7.78. The molecular weight excluding hydrogens is 268 g/mol. The highest BCUT2D eigenvalue weighted by Crippen LogP contribution is 2.30. The Morgan fingerprint density at radius 3 is 2.29 bits per heavy atom. The second-order valence-corrected chi connectivity index (χ2v) is 6.48. The van der Waals surface area contributed by atoms with Crippen molar-refractivity contribution in [2.24, 2.45) is 17.8 Å². The third kappa shape index (κ3) is 4.16. The van der Waals surface area contributed by atoms with Crippen LogP contribution in [0.2, 0.25) is 0 Å². The highest BCUT2D eigenvalue weighted by atomic mass is 16.2. The van der Waals surface area contributed by atoms with E-state index in [1.165, 1.54) is 17.1 Å². The molecule has 0 atom stereocenters. The Morgan fingerprint density at radius 2 is 1.76 bits per heavy atom. The molecule has 0 unspecified atom stereocenters. The van der Waals surface area contributed by atoms with E-state index in [1.807, 2.05) is 0 Å². The summed E-state index contributed by atoms with van der Waals surface area (Å²) in [6.45, 7) is 5.37. The fraction of sp³-hybridized carbons (Fsp3) is 0.688. The fourth-order valence-corrected chi connectivity index (χ4v) is 2.93. The Morgan fingerprint density at radius 1 is 1.19 bits per heavy atom. The van der Waals surface area contributed by atoms with Gasteiger partial charge in [-0.25, -0.2) is 0 Å². The Kier molecular flexibility index (Phi) is 5.15. The van der Waals surface area contributed by atoms with Gasteiger partial charge in [-0.05, 0) is 37.5 Å². The lowest BCUT2D eigenvalue weighted by Gasteiger charge is -2.30. The van der Waals surface area contributed by atoms with Gasteiger partial charge in [0, 0.05) is 31.2 Å². The second-order valence-electron chi connectivity index (χ2n) is 6.48. The van der Waals surface area contributed by atoms with Crippen LogP contribution in [0.4, 0.5) is 0 Å². The minimum absolute atomic E-state index is 0.0862. The minimum Gasteiger partial charge on any atom is -0.356 e. The molecular formula is C16H24N2O3. The monoisotopic (exact) mass is 292 g/mol. The standard InChI is InChI=1S/C16H24N2O3/c1-11(2)9-17-16(21)13-5-3-12(4-6-13)10-18-14(19)7-8-15(18)20/h7-8,11-13H,3-6,9-10H2,1-2H3,(H,17,21). The van der Waals surface area contributed by atoms with Gasteiger partial charge in [0.1, 0.15) is 0 Å². The first-order valence-electron chi connectivity index (χ1n) is 7.78. The largest absolute Gasteiger partial charge is 0.356 e. The van der Waals surface area contributed by atoms with E-state index in [0.29, 0.717) is 18.4 Å². The highest BCUT2D eigenvalue weighted by molar-refractivity contribution is 6.12. The van der Waals surface area contributed by atoms with Crippen molar-refractivity contribution in [3.63, 3.8) is 0 Å². The normalized spacial score (nSPS) is 25.8. The number of nitrogens with zero attached hydrogens (tertiary/aromatic N) is 1. The third-order valence-electron chi connectivity index (χ3n) is 4.24. The highest BCUT2D eigenvalue weighted by Gasteiger charge is 2.31. The van der Waals surface area contributed by atoms with Gasteiger partial charge >= 0.3 is 0 Å². The average molecular weight is 292 g/mol. The molecule has 0 radical (unpaired) electrons. The van der Waals surface area contributed by atoms with Gasteiger partial charge in [0.25, 0.3) is 11.8 Å². The van der Waals surface area contributed by atoms with Crippen molar-refractivity contribution in [2.75, 3.05) is 13.1 Å². The molecule has 0 saturated heterocycles. The predicted molar refractivity (Wildman–Crippen MR) is 79.2 cm³/mol. The van der Waals surface area contributed by atoms with E-state index in [1.54, 1.807) is 0 Å². The molecule has 2 rings (SSSR count). The Balaban J connectivity index is 1.74. The molecule has 0 aromatic rings. The number of rotatable bonds is 5. The Bertz CT molecular complexity index is 430. The zero-order chi connectivity index (χ0) is 15.4. The van der Waals surface area contributed by atoms with Crippen molar-refractivity contribution >= 4 is 17.7 Å². The number of amides is 3. The summed E-state index contributed by atoms with van der Waals surface area (Å²) in [6.07, 6.45) is 6.14. The number of imide groups is 1. The minimum atomic E-state index is -0.211. The maximum Gasteiger partial charge on any atom is 0.253 e. The van der Waals surface area contributed by atoms with Crippen molar-refractivity contribution < 1.29 is 14.4 Å². The quantitative estimate of drug-likeness (QED) is 0.781. The second kappa shape index (κ2) is 6.87. The summed E-state index contributed by atoms with van der Waals surface area (Å²) in [7, 11) is 0. The van der Waals surface area contributed by atoms with Crippen molar-refractivity contribution in [3.05, 3.63) is 12.2 Å². The van der Waals surface area contributed by atoms with E-state index in [9.17, 15) is 14.4 Å². The van der Waals surface area contributed by atoms with Crippen LogP contribution in [0.5, 0.6) is 0 Å². The lowest BCUT2D eigenvalue weighted by atomic mass is 9.81. The van der Waals surface area contributed by atoms with Crippen LogP contribution < -0.4 is 5.32 Å². The lowest BCUT2D eigenvalue weighted by Crippen LogP contribution is -2.39. The lowest BCUT2D eigenvalue weighted by molar-refractivity contribution is -0.138. The summed E-state index contributed by atoms with van der Waals surface area (Å²) in [4.78, 5) is 36.4. The van der Waals surface area contributed by atoms with E-state index < -0.39 is 0 Å². The molecule has 5 heteroatoms. The summed E-state index contributed by atoms with van der Waals surface area (Å²) in [5.41, 5.74) is 0. The van der Waals surface area contributed by atoms with Crippen molar-refractivity contribution in [3.8, 4) is 0 Å². The fourth-order valence-electron chi connectivity index (χ4n) is 2.93. The van der Waals surface area contributed by atoms with Crippen LogP contribution in [0.15, 0.2) is 12.2 Å². The molecule has 1 N–H and O–H groups in total. The Labute approximate surface area is 125 Å². The molecule has 1 saturated carbocycles. The predicted octanol–water partition coefficient (Wildman–Crippen LogP) is 1.49. The summed E-state index contributed by atoms with van der Waals surface area (Å²) in [5.74, 6) is 0.603. The number of carbonyl (C=O) groups excluding carboxylic acids is 3. The summed E-state index contributed by atoms with van der Waals surface area (Å²) >= 11 is 0. The molecule has 1 heterocycles. The maximum atomic E-state index is 12.0. The Hall–Kier alpha value is -1.65. The van der Waals surface area contributed by atoms with Crippen LogP contribution >= 0.6 is 0 Å². The van der Waals surface area contributed by atoms with Crippen LogP contribution in [0.3, 0.4) is 0 Å². The van der Waals surface area contributed by atoms with Gasteiger partial charge in [0.15, 0.2) is 0 Å². The van der Waals surface area contributed by atoms with Crippen LogP contribution in [0, 0.1) is 17.8 Å². The molecule has 5 nitrogen and oxygen atoms in total. The van der Waals surface area contributed by atoms with Gasteiger partial charge in [-0.1, -0.05) is 13.8 Å². The van der Waals surface area contributed by atoms with Gasteiger partial charge in [0.05, 0.1) is 0 Å². The molecule has 0 bridgehead atoms. The van der Waals surface area contributed by atoms with Crippen molar-refractivity contribution in [1.82, 2.24) is 10.2 Å². The SMILES string of the molecule is CC(C)CNC(=O)C1CCC(CN2C(=O)C=CC2=O)CC1. The van der Waals surface area contributed by atoms with Gasteiger partial charge in [-0.2, -0.15) is 0 Å². The molecule has 1 fully saturated rings. The molecule has 1 aliphatic carbocycles. The van der Waals surface area contributed by atoms with E-state index in [0.717, 1.165) is 32.2 Å². The van der Waals surface area contributed by atoms with Crippen LogP contribution in [-0.4, -0.2) is 35.7 Å². The van der Waals surface area contributed by atoms with Gasteiger partial charge < -0.3 is 5.32 Å². The first-order chi connectivity index (χ1) is 9.97. The number of hydrogen-bond donors (Lipinski definition) is 1. The molecule has 116 valence electrons. The smallest absolute Gasteiger partial charge is 0.253 e.